The maximum atomic E-state index is 13.8. The van der Waals surface area contributed by atoms with Gasteiger partial charge in [0, 0.05) is 40.5 Å². The third-order valence-corrected chi connectivity index (χ3v) is 22.2. The van der Waals surface area contributed by atoms with Gasteiger partial charge in [0.1, 0.15) is 195 Å². The van der Waals surface area contributed by atoms with E-state index in [-0.39, 0.29) is 0 Å². The summed E-state index contributed by atoms with van der Waals surface area (Å²) in [5.74, 6) is -15.2. The number of amides is 4. The Morgan fingerprint density at radius 3 is 0.943 bits per heavy atom. The van der Waals surface area contributed by atoms with Crippen LogP contribution in [-0.2, 0) is 109 Å². The average molecular weight is 1790 g/mol. The highest BCUT2D eigenvalue weighted by atomic mass is 16.8. The summed E-state index contributed by atoms with van der Waals surface area (Å²) in [7, 11) is 0. The number of aliphatic carboxylic acids is 2. The molecule has 0 aromatic rings. The summed E-state index contributed by atoms with van der Waals surface area (Å²) in [6.45, 7) is -3.17. The van der Waals surface area contributed by atoms with E-state index < -0.39 is 382 Å². The number of carboxylic acid groups (broad SMARTS) is 2. The van der Waals surface area contributed by atoms with E-state index in [1.54, 1.807) is 0 Å². The Morgan fingerprint density at radius 2 is 0.623 bits per heavy atom. The first-order chi connectivity index (χ1) is 57.3. The van der Waals surface area contributed by atoms with Gasteiger partial charge >= 0.3 is 11.9 Å². The van der Waals surface area contributed by atoms with Crippen LogP contribution in [0.3, 0.4) is 0 Å². The maximum absolute atomic E-state index is 13.8. The summed E-state index contributed by atoms with van der Waals surface area (Å²) in [5.41, 5.74) is 0. The predicted molar refractivity (Wildman–Crippen MR) is 375 cm³/mol. The van der Waals surface area contributed by atoms with Crippen molar-refractivity contribution in [3.8, 4) is 0 Å². The number of carbonyl (C=O) groups excluding carboxylic acids is 4. The van der Waals surface area contributed by atoms with E-state index in [4.69, 9.17) is 80.5 Å². The van der Waals surface area contributed by atoms with Crippen LogP contribution in [0.15, 0.2) is 0 Å². The Hall–Kier alpha value is -4.86. The molecule has 704 valence electrons. The van der Waals surface area contributed by atoms with Crippen molar-refractivity contribution < 1.29 is 247 Å². The van der Waals surface area contributed by atoms with Crippen molar-refractivity contribution in [2.45, 2.75) is 342 Å². The van der Waals surface area contributed by atoms with Gasteiger partial charge in [0.2, 0.25) is 23.6 Å². The summed E-state index contributed by atoms with van der Waals surface area (Å²) < 4.78 is 103. The number of rotatable bonds is 33. The Labute approximate surface area is 690 Å². The molecule has 9 aliphatic rings. The van der Waals surface area contributed by atoms with Gasteiger partial charge in [-0.15, -0.1) is 0 Å². The molecule has 4 amide bonds. The number of hydrogen-bond acceptors (Lipinski definition) is 48. The molecule has 0 saturated carbocycles. The first-order valence-corrected chi connectivity index (χ1v) is 38.6. The molecule has 9 aliphatic heterocycles. The quantitative estimate of drug-likeness (QED) is 0.0290. The summed E-state index contributed by atoms with van der Waals surface area (Å²) in [4.78, 5) is 79.1. The van der Waals surface area contributed by atoms with Gasteiger partial charge in [-0.2, -0.15) is 0 Å². The predicted octanol–water partition coefficient (Wildman–Crippen LogP) is -19.6. The fraction of sp³-hybridized carbons (Fsp3) is 0.912. The molecular weight excluding hydrogens is 1670 g/mol. The highest BCUT2D eigenvalue weighted by Gasteiger charge is 2.66. The molecule has 122 heavy (non-hydrogen) atoms. The molecule has 47 atom stereocenters. The molecule has 0 radical (unpaired) electrons. The molecule has 9 saturated heterocycles. The van der Waals surface area contributed by atoms with E-state index in [2.05, 4.69) is 21.3 Å². The average Bonchev–Trinajstić information content (AvgIpc) is 0.755. The van der Waals surface area contributed by atoms with Crippen LogP contribution >= 0.6 is 0 Å². The van der Waals surface area contributed by atoms with E-state index in [1.165, 1.54) is 13.8 Å². The monoisotopic (exact) mass is 1780 g/mol. The second kappa shape index (κ2) is 42.6. The first kappa shape index (κ1) is 101. The standard InChI is InChI=1S/C68H112N4O50/c1-16-35(88)41(94)43(96)61(106-16)116-53-33(71-20(5)82)59(111-29(14-78)48(53)114-63-46(99)55(39(92)26(11-75)109-63)121-67(65(102)103)7-22(84)31(69-18(3)80)51(119-67)37(90)24(86)9-73)113-50-28(13-77)108-58(101)45(98)57(50)118-60-34(72-21(6)83)54(117-62-44(97)42(95)36(89)17(2)107-62)49(30(15-79)112-60)115-64-47(100)56(40(93)27(12-76)110-64)122-68(66(104)105)8-23(85)32(70-19(4)81)52(120-68)38(91)25(87)10-74/h16-17,22-64,73-79,84-101H,7-15H2,1-6H3,(H,69,80)(H,70,81)(H,71,82)(H,72,83)(H,102,103)(H,104,105)/t16-,17-,22-,23-,24+,25+,26+,27+,28+,29+,30+,31+,32+,33+,34+,35+,36+,37+,38+,39-,40-,41+,42+,43-,44-,45+,46+,47+,48+,49+,50-,51+,52+,53+,54+,55-,56-,57+,58?,59-,60-,61-,62-,63-,64-,67-,68-/m0/s1. The van der Waals surface area contributed by atoms with Crippen LogP contribution in [0.5, 0.6) is 0 Å². The zero-order valence-electron chi connectivity index (χ0n) is 65.8. The van der Waals surface area contributed by atoms with E-state index in [9.17, 15) is 167 Å². The molecule has 0 bridgehead atoms. The summed E-state index contributed by atoms with van der Waals surface area (Å²) >= 11 is 0. The number of nitrogens with one attached hydrogen (secondary N) is 4. The molecule has 0 spiro atoms. The molecule has 54 heteroatoms. The van der Waals surface area contributed by atoms with Gasteiger partial charge < -0.3 is 240 Å². The number of hydrogen-bond donors (Lipinski definition) is 31. The number of aliphatic hydroxyl groups excluding tert-OH is 25. The smallest absolute Gasteiger partial charge is 0.364 e. The van der Waals surface area contributed by atoms with Crippen molar-refractivity contribution in [1.82, 2.24) is 21.3 Å². The van der Waals surface area contributed by atoms with Crippen LogP contribution in [0.1, 0.15) is 54.4 Å². The topological polar surface area (TPSA) is 854 Å². The lowest BCUT2D eigenvalue weighted by Gasteiger charge is -2.53. The maximum Gasteiger partial charge on any atom is 0.364 e. The van der Waals surface area contributed by atoms with Crippen LogP contribution in [0, 0.1) is 0 Å². The van der Waals surface area contributed by atoms with Gasteiger partial charge in [-0.1, -0.05) is 0 Å². The molecule has 54 nitrogen and oxygen atoms in total. The van der Waals surface area contributed by atoms with Gasteiger partial charge in [0.05, 0.1) is 82.7 Å². The van der Waals surface area contributed by atoms with Gasteiger partial charge in [-0.05, 0) is 13.8 Å². The molecule has 0 aliphatic carbocycles. The molecule has 0 aromatic heterocycles. The van der Waals surface area contributed by atoms with Crippen LogP contribution in [0.4, 0.5) is 0 Å². The minimum absolute atomic E-state index is 0.850. The summed E-state index contributed by atoms with van der Waals surface area (Å²) in [5, 5.41) is 311. The normalized spacial score (nSPS) is 46.9. The first-order valence-electron chi connectivity index (χ1n) is 38.6. The third kappa shape index (κ3) is 21.7. The van der Waals surface area contributed by atoms with Gasteiger partial charge in [-0.3, -0.25) is 19.2 Å². The van der Waals surface area contributed by atoms with Gasteiger partial charge in [0.15, 0.2) is 44.0 Å². The van der Waals surface area contributed by atoms with E-state index in [0.717, 1.165) is 27.7 Å². The van der Waals surface area contributed by atoms with Crippen LogP contribution in [-0.4, -0.2) is 507 Å². The lowest BCUT2D eigenvalue weighted by molar-refractivity contribution is -0.405. The Kier molecular flexibility index (Phi) is 35.2. The minimum Gasteiger partial charge on any atom is -0.477 e. The highest BCUT2D eigenvalue weighted by Crippen LogP contribution is 2.44. The molecule has 9 fully saturated rings. The molecule has 0 aromatic carbocycles. The Bertz CT molecular complexity index is 3210. The van der Waals surface area contributed by atoms with E-state index in [0.29, 0.717) is 0 Å². The van der Waals surface area contributed by atoms with E-state index >= 15 is 0 Å². The lowest BCUT2D eigenvalue weighted by atomic mass is 9.88. The zero-order chi connectivity index (χ0) is 90.7. The zero-order valence-corrected chi connectivity index (χ0v) is 65.8. The number of aliphatic hydroxyl groups is 25. The van der Waals surface area contributed by atoms with Crippen molar-refractivity contribution in [2.24, 2.45) is 0 Å². The van der Waals surface area contributed by atoms with Crippen molar-refractivity contribution >= 4 is 35.6 Å². The van der Waals surface area contributed by atoms with Crippen LogP contribution < -0.4 is 21.3 Å². The molecule has 9 rings (SSSR count). The minimum atomic E-state index is -3.37. The Balaban J connectivity index is 1.10. The molecule has 31 N–H and O–H groups in total. The molecular formula is C68H112N4O50. The van der Waals surface area contributed by atoms with Crippen molar-refractivity contribution in [2.75, 3.05) is 46.2 Å². The second-order valence-corrected chi connectivity index (χ2v) is 30.9. The summed E-state index contributed by atoms with van der Waals surface area (Å²) in [6, 6.07) is -7.97. The third-order valence-electron chi connectivity index (χ3n) is 22.2. The fourth-order valence-electron chi connectivity index (χ4n) is 15.9. The highest BCUT2D eigenvalue weighted by molar-refractivity contribution is 5.78. The number of carbonyl (C=O) groups is 6. The van der Waals surface area contributed by atoms with Gasteiger partial charge in [0.25, 0.3) is 11.6 Å². The molecule has 1 unspecified atom stereocenters. The number of ether oxygens (including phenoxy) is 17. The van der Waals surface area contributed by atoms with E-state index in [1.807, 2.05) is 0 Å². The number of carboxylic acids is 2. The fourth-order valence-corrected chi connectivity index (χ4v) is 15.9. The SMILES string of the molecule is CC(=O)N[C@H]1[C@H](O[C@@H]2[C@H](O[C@@H]3O[C@H](CO)[C@@H](O[C@@H]4O[C@H](CO)[C@H](O)[C@H](O[C@]5(C(=O)O)C[C@H](O)[C@@H](NC(C)=O)[C@H]([C@H](O)[C@H](O)CO)O5)[C@H]4O)[C@H](O[C@@H]4O[C@@H](C)[C@@H](O)[C@@H](O)[C@@H]4O)[C@H]3NC(C)=O)[C@@H](O)C(O)O[C@@H]2CO)O[C@H](CO)[C@@H](O[C@@H]2O[C@H](CO)[C@H](O)[C@H](O[C@]3(C(=O)O)C[C@H](O)[C@@H](NC(C)=O)[C@H]([C@H](O)[C@H](O)CO)O3)[C@H]2O)[C@@H]1O[C@@H]1O[C@@H](C)[C@@H](O)[C@@H](O)[C@@H]1O. The summed E-state index contributed by atoms with van der Waals surface area (Å²) in [6.07, 6.45) is -94.8. The largest absolute Gasteiger partial charge is 0.477 e. The van der Waals surface area contributed by atoms with Crippen molar-refractivity contribution in [3.63, 3.8) is 0 Å². The lowest BCUT2D eigenvalue weighted by Crippen LogP contribution is -2.73. The van der Waals surface area contributed by atoms with Gasteiger partial charge in [-0.25, -0.2) is 9.59 Å². The Morgan fingerprint density at radius 1 is 0.336 bits per heavy atom. The van der Waals surface area contributed by atoms with Crippen LogP contribution in [0.2, 0.25) is 0 Å². The van der Waals surface area contributed by atoms with Crippen LogP contribution in [0.25, 0.3) is 0 Å². The van der Waals surface area contributed by atoms with Crippen molar-refractivity contribution in [1.29, 1.82) is 0 Å². The molecule has 9 heterocycles. The van der Waals surface area contributed by atoms with Crippen molar-refractivity contribution in [3.05, 3.63) is 0 Å². The second-order valence-electron chi connectivity index (χ2n) is 30.9.